The summed E-state index contributed by atoms with van der Waals surface area (Å²) < 4.78 is 10.1. The Labute approximate surface area is 137 Å². The van der Waals surface area contributed by atoms with Crippen LogP contribution in [-0.4, -0.2) is 33.6 Å². The van der Waals surface area contributed by atoms with Crippen LogP contribution in [0.2, 0.25) is 0 Å². The number of hydrogen-bond acceptors (Lipinski definition) is 8. The summed E-state index contributed by atoms with van der Waals surface area (Å²) in [7, 11) is 0. The van der Waals surface area contributed by atoms with Crippen molar-refractivity contribution in [2.24, 2.45) is 5.16 Å². The van der Waals surface area contributed by atoms with Crippen LogP contribution in [0.3, 0.4) is 0 Å². The molecular formula is C16H17NO7. The van der Waals surface area contributed by atoms with Crippen LogP contribution in [-0.2, 0) is 16.2 Å². The topological polar surface area (TPSA) is 122 Å². The van der Waals surface area contributed by atoms with Crippen molar-refractivity contribution >= 4 is 11.7 Å². The summed E-state index contributed by atoms with van der Waals surface area (Å²) in [5.41, 5.74) is 0.483. The van der Waals surface area contributed by atoms with Crippen LogP contribution in [0.15, 0.2) is 33.8 Å². The maximum atomic E-state index is 11.5. The van der Waals surface area contributed by atoms with Crippen LogP contribution in [0.25, 0.3) is 0 Å². The Kier molecular flexibility index (Phi) is 5.31. The number of ether oxygens (including phenoxy) is 1. The van der Waals surface area contributed by atoms with E-state index in [4.69, 9.17) is 14.0 Å². The minimum absolute atomic E-state index is 0.0401. The van der Waals surface area contributed by atoms with Gasteiger partial charge in [-0.15, -0.1) is 0 Å². The molecule has 2 rings (SSSR count). The van der Waals surface area contributed by atoms with Crippen molar-refractivity contribution in [3.8, 4) is 17.2 Å². The zero-order chi connectivity index (χ0) is 17.7. The Morgan fingerprint density at radius 2 is 1.92 bits per heavy atom. The van der Waals surface area contributed by atoms with Gasteiger partial charge in [0.2, 0.25) is 11.5 Å². The fraction of sp³-hybridized carbons (Fsp3) is 0.250. The molecule has 128 valence electrons. The minimum Gasteiger partial charge on any atom is -0.504 e. The number of carbonyl (C=O) groups is 1. The smallest absolute Gasteiger partial charge is 0.374 e. The van der Waals surface area contributed by atoms with E-state index in [1.807, 2.05) is 0 Å². The SMILES string of the molecule is CCOC(=O)c1ccc(CO/N=C(\C)c2ccc(O)c(O)c2O)o1. The van der Waals surface area contributed by atoms with E-state index in [9.17, 15) is 20.1 Å². The molecule has 0 unspecified atom stereocenters. The molecule has 0 fully saturated rings. The van der Waals surface area contributed by atoms with Crippen LogP contribution >= 0.6 is 0 Å². The number of phenols is 3. The number of aromatic hydroxyl groups is 3. The van der Waals surface area contributed by atoms with E-state index in [-0.39, 0.29) is 30.2 Å². The third-order valence-corrected chi connectivity index (χ3v) is 3.07. The number of benzene rings is 1. The summed E-state index contributed by atoms with van der Waals surface area (Å²) in [5.74, 6) is -1.70. The number of furan rings is 1. The van der Waals surface area contributed by atoms with E-state index in [0.29, 0.717) is 5.76 Å². The van der Waals surface area contributed by atoms with Gasteiger partial charge < -0.3 is 29.3 Å². The monoisotopic (exact) mass is 335 g/mol. The van der Waals surface area contributed by atoms with Gasteiger partial charge in [-0.1, -0.05) is 5.16 Å². The van der Waals surface area contributed by atoms with Crippen LogP contribution in [0.1, 0.15) is 35.7 Å². The Bertz CT molecular complexity index is 764. The second-order valence-corrected chi connectivity index (χ2v) is 4.77. The number of esters is 1. The highest BCUT2D eigenvalue weighted by molar-refractivity contribution is 6.01. The van der Waals surface area contributed by atoms with E-state index < -0.39 is 23.2 Å². The lowest BCUT2D eigenvalue weighted by molar-refractivity contribution is 0.0479. The largest absolute Gasteiger partial charge is 0.504 e. The third kappa shape index (κ3) is 3.78. The maximum absolute atomic E-state index is 11.5. The summed E-state index contributed by atoms with van der Waals surface area (Å²) in [6, 6.07) is 5.64. The fourth-order valence-electron chi connectivity index (χ4n) is 1.87. The molecule has 1 aromatic heterocycles. The molecule has 24 heavy (non-hydrogen) atoms. The highest BCUT2D eigenvalue weighted by atomic mass is 16.6. The number of carbonyl (C=O) groups excluding carboxylic acids is 1. The predicted octanol–water partition coefficient (Wildman–Crippen LogP) is 2.51. The zero-order valence-electron chi connectivity index (χ0n) is 13.1. The molecule has 0 amide bonds. The summed E-state index contributed by atoms with van der Waals surface area (Å²) in [6.07, 6.45) is 0. The molecule has 0 aliphatic carbocycles. The summed E-state index contributed by atoms with van der Waals surface area (Å²) in [6.45, 7) is 3.45. The molecule has 8 nitrogen and oxygen atoms in total. The van der Waals surface area contributed by atoms with Gasteiger partial charge in [-0.3, -0.25) is 0 Å². The van der Waals surface area contributed by atoms with Crippen molar-refractivity contribution in [1.82, 2.24) is 0 Å². The predicted molar refractivity (Wildman–Crippen MR) is 83.1 cm³/mol. The van der Waals surface area contributed by atoms with Gasteiger partial charge in [0.05, 0.1) is 12.3 Å². The molecule has 0 saturated carbocycles. The average Bonchev–Trinajstić information content (AvgIpc) is 3.02. The quantitative estimate of drug-likeness (QED) is 0.321. The Balaban J connectivity index is 2.01. The van der Waals surface area contributed by atoms with E-state index in [1.54, 1.807) is 19.9 Å². The van der Waals surface area contributed by atoms with E-state index in [0.717, 1.165) is 0 Å². The van der Waals surface area contributed by atoms with Gasteiger partial charge >= 0.3 is 5.97 Å². The van der Waals surface area contributed by atoms with Gasteiger partial charge in [-0.05, 0) is 38.1 Å². The highest BCUT2D eigenvalue weighted by Gasteiger charge is 2.14. The second kappa shape index (κ2) is 7.40. The molecule has 0 radical (unpaired) electrons. The van der Waals surface area contributed by atoms with E-state index in [1.165, 1.54) is 18.2 Å². The molecule has 0 bridgehead atoms. The fourth-order valence-corrected chi connectivity index (χ4v) is 1.87. The lowest BCUT2D eigenvalue weighted by atomic mass is 10.1. The molecule has 0 aliphatic rings. The Morgan fingerprint density at radius 1 is 1.17 bits per heavy atom. The number of hydrogen-bond donors (Lipinski definition) is 3. The molecule has 3 N–H and O–H groups in total. The molecule has 0 spiro atoms. The average molecular weight is 335 g/mol. The lowest BCUT2D eigenvalue weighted by Gasteiger charge is -2.07. The first-order valence-corrected chi connectivity index (χ1v) is 7.10. The maximum Gasteiger partial charge on any atom is 0.374 e. The van der Waals surface area contributed by atoms with Crippen molar-refractivity contribution in [1.29, 1.82) is 0 Å². The van der Waals surface area contributed by atoms with E-state index >= 15 is 0 Å². The standard InChI is InChI=1S/C16H17NO7/c1-3-22-16(21)13-7-4-10(24-13)8-23-17-9(2)11-5-6-12(18)15(20)14(11)19/h4-7,18-20H,3,8H2,1-2H3/b17-9+. The summed E-state index contributed by atoms with van der Waals surface area (Å²) in [5, 5.41) is 32.3. The van der Waals surface area contributed by atoms with Crippen molar-refractivity contribution in [3.63, 3.8) is 0 Å². The molecule has 8 heteroatoms. The molecule has 0 atom stereocenters. The summed E-state index contributed by atoms with van der Waals surface area (Å²) in [4.78, 5) is 16.6. The molecule has 2 aromatic rings. The normalized spacial score (nSPS) is 11.3. The van der Waals surface area contributed by atoms with Gasteiger partial charge in [0.1, 0.15) is 5.76 Å². The number of oxime groups is 1. The van der Waals surface area contributed by atoms with Crippen molar-refractivity contribution in [2.45, 2.75) is 20.5 Å². The molecule has 0 saturated heterocycles. The first-order valence-electron chi connectivity index (χ1n) is 7.10. The molecular weight excluding hydrogens is 318 g/mol. The second-order valence-electron chi connectivity index (χ2n) is 4.77. The van der Waals surface area contributed by atoms with E-state index in [2.05, 4.69) is 5.16 Å². The van der Waals surface area contributed by atoms with Gasteiger partial charge in [-0.2, -0.15) is 0 Å². The number of nitrogens with zero attached hydrogens (tertiary/aromatic N) is 1. The van der Waals surface area contributed by atoms with Crippen molar-refractivity contribution in [3.05, 3.63) is 41.3 Å². The first kappa shape index (κ1) is 17.2. The van der Waals surface area contributed by atoms with Crippen molar-refractivity contribution < 1.29 is 34.1 Å². The van der Waals surface area contributed by atoms with Gasteiger partial charge in [0, 0.05) is 5.56 Å². The van der Waals surface area contributed by atoms with Crippen LogP contribution in [0.4, 0.5) is 0 Å². The van der Waals surface area contributed by atoms with Crippen LogP contribution in [0, 0.1) is 0 Å². The third-order valence-electron chi connectivity index (χ3n) is 3.07. The summed E-state index contributed by atoms with van der Waals surface area (Å²) >= 11 is 0. The van der Waals surface area contributed by atoms with Crippen molar-refractivity contribution in [2.75, 3.05) is 6.61 Å². The van der Waals surface area contributed by atoms with Gasteiger partial charge in [0.15, 0.2) is 18.1 Å². The zero-order valence-corrected chi connectivity index (χ0v) is 13.1. The number of phenolic OH excluding ortho intramolecular Hbond substituents is 3. The van der Waals surface area contributed by atoms with Crippen LogP contribution in [0.5, 0.6) is 17.2 Å². The Morgan fingerprint density at radius 3 is 2.62 bits per heavy atom. The van der Waals surface area contributed by atoms with Gasteiger partial charge in [0.25, 0.3) is 0 Å². The molecule has 1 heterocycles. The lowest BCUT2D eigenvalue weighted by Crippen LogP contribution is -2.02. The number of rotatable bonds is 6. The first-order chi connectivity index (χ1) is 11.4. The molecule has 1 aromatic carbocycles. The minimum atomic E-state index is -0.632. The van der Waals surface area contributed by atoms with Gasteiger partial charge in [-0.25, -0.2) is 4.79 Å². The van der Waals surface area contributed by atoms with Crippen LogP contribution < -0.4 is 0 Å². The molecule has 0 aliphatic heterocycles. The highest BCUT2D eigenvalue weighted by Crippen LogP contribution is 2.37. The Hall–Kier alpha value is -3.16.